The van der Waals surface area contributed by atoms with E-state index in [9.17, 15) is 15.3 Å². The highest BCUT2D eigenvalue weighted by atomic mass is 16.5. The molecule has 1 heterocycles. The predicted octanol–water partition coefficient (Wildman–Crippen LogP) is 3.36. The molecule has 0 amide bonds. The second-order valence-corrected chi connectivity index (χ2v) is 7.82. The Hall–Kier alpha value is -2.71. The van der Waals surface area contributed by atoms with E-state index < -0.39 is 24.9 Å². The van der Waals surface area contributed by atoms with Crippen LogP contribution < -0.4 is 10.5 Å². The lowest BCUT2D eigenvalue weighted by molar-refractivity contribution is 0.0618. The van der Waals surface area contributed by atoms with Gasteiger partial charge in [0.25, 0.3) is 0 Å². The van der Waals surface area contributed by atoms with Gasteiger partial charge in [-0.05, 0) is 48.4 Å². The molecule has 0 radical (unpaired) electrons. The zero-order valence-electron chi connectivity index (χ0n) is 17.2. The van der Waals surface area contributed by atoms with Gasteiger partial charge >= 0.3 is 0 Å². The van der Waals surface area contributed by atoms with E-state index in [1.165, 1.54) is 0 Å². The van der Waals surface area contributed by atoms with Crippen molar-refractivity contribution in [2.45, 2.75) is 37.8 Å². The Morgan fingerprint density at radius 1 is 1.00 bits per heavy atom. The van der Waals surface area contributed by atoms with E-state index in [0.29, 0.717) is 23.0 Å². The minimum absolute atomic E-state index is 0.0439. The quantitative estimate of drug-likeness (QED) is 0.425. The van der Waals surface area contributed by atoms with Crippen molar-refractivity contribution in [3.8, 4) is 22.8 Å². The summed E-state index contributed by atoms with van der Waals surface area (Å²) in [5.74, 6) is 2.22. The third-order valence-corrected chi connectivity index (χ3v) is 4.90. The van der Waals surface area contributed by atoms with E-state index in [2.05, 4.69) is 4.98 Å². The number of nitrogens with two attached hydrogens (primary N) is 1. The molecule has 0 aliphatic carbocycles. The lowest BCUT2D eigenvalue weighted by Crippen LogP contribution is -2.48. The number of aliphatic hydroxyl groups excluding tert-OH is 3. The number of ether oxygens (including phenoxy) is 1. The van der Waals surface area contributed by atoms with Crippen molar-refractivity contribution in [1.82, 2.24) is 4.98 Å². The second kappa shape index (κ2) is 9.40. The number of benzene rings is 2. The summed E-state index contributed by atoms with van der Waals surface area (Å²) in [7, 11) is 0. The Balaban J connectivity index is 1.64. The largest absolute Gasteiger partial charge is 0.457 e. The van der Waals surface area contributed by atoms with E-state index >= 15 is 0 Å². The van der Waals surface area contributed by atoms with E-state index in [-0.39, 0.29) is 12.3 Å². The van der Waals surface area contributed by atoms with Crippen molar-refractivity contribution in [1.29, 1.82) is 0 Å². The molecular weight excluding hydrogens is 384 g/mol. The van der Waals surface area contributed by atoms with Gasteiger partial charge < -0.3 is 30.2 Å². The summed E-state index contributed by atoms with van der Waals surface area (Å²) in [5, 5.41) is 28.9. The van der Waals surface area contributed by atoms with Crippen LogP contribution >= 0.6 is 0 Å². The van der Waals surface area contributed by atoms with Crippen molar-refractivity contribution in [3.63, 3.8) is 0 Å². The number of aromatic nitrogens is 1. The molecule has 0 saturated carbocycles. The smallest absolute Gasteiger partial charge is 0.197 e. The van der Waals surface area contributed by atoms with Gasteiger partial charge in [-0.1, -0.05) is 26.0 Å². The van der Waals surface area contributed by atoms with E-state index in [1.54, 1.807) is 30.5 Å². The van der Waals surface area contributed by atoms with Gasteiger partial charge in [-0.15, -0.1) is 0 Å². The molecule has 0 spiro atoms. The highest BCUT2D eigenvalue weighted by Crippen LogP contribution is 2.29. The molecule has 3 rings (SSSR count). The highest BCUT2D eigenvalue weighted by molar-refractivity contribution is 5.59. The molecule has 5 N–H and O–H groups in total. The number of oxazole rings is 1. The third-order valence-electron chi connectivity index (χ3n) is 4.90. The summed E-state index contributed by atoms with van der Waals surface area (Å²) >= 11 is 0. The van der Waals surface area contributed by atoms with Crippen molar-refractivity contribution in [3.05, 3.63) is 66.2 Å². The van der Waals surface area contributed by atoms with Crippen molar-refractivity contribution in [2.24, 2.45) is 5.73 Å². The van der Waals surface area contributed by atoms with Gasteiger partial charge in [-0.25, -0.2) is 4.98 Å². The van der Waals surface area contributed by atoms with Crippen LogP contribution in [-0.2, 0) is 0 Å². The van der Waals surface area contributed by atoms with Crippen molar-refractivity contribution < 1.29 is 24.5 Å². The molecule has 160 valence electrons. The van der Waals surface area contributed by atoms with Crippen LogP contribution in [0.1, 0.15) is 43.7 Å². The molecule has 0 saturated heterocycles. The molecular formula is C23H28N2O5. The van der Waals surface area contributed by atoms with Crippen LogP contribution in [-0.4, -0.2) is 39.1 Å². The number of hydrogen-bond acceptors (Lipinski definition) is 7. The molecule has 7 heteroatoms. The summed E-state index contributed by atoms with van der Waals surface area (Å²) in [4.78, 5) is 4.49. The molecule has 2 aromatic carbocycles. The van der Waals surface area contributed by atoms with Crippen LogP contribution in [0, 0.1) is 0 Å². The average Bonchev–Trinajstić information content (AvgIpc) is 3.25. The SMILES string of the molecule is CC(C)c1nc(-c2ccc(Oc3ccc(C(O)CC(N)(CO)CO)cc3)cc2)co1. The van der Waals surface area contributed by atoms with E-state index in [1.807, 2.05) is 38.1 Å². The summed E-state index contributed by atoms with van der Waals surface area (Å²) in [6, 6.07) is 14.5. The van der Waals surface area contributed by atoms with Gasteiger partial charge in [0.2, 0.25) is 0 Å². The van der Waals surface area contributed by atoms with Gasteiger partial charge in [0.15, 0.2) is 5.89 Å². The number of nitrogens with zero attached hydrogens (tertiary/aromatic N) is 1. The Labute approximate surface area is 175 Å². The maximum Gasteiger partial charge on any atom is 0.197 e. The Morgan fingerprint density at radius 2 is 1.57 bits per heavy atom. The molecule has 0 fully saturated rings. The van der Waals surface area contributed by atoms with Crippen molar-refractivity contribution in [2.75, 3.05) is 13.2 Å². The van der Waals surface area contributed by atoms with Gasteiger partial charge in [0, 0.05) is 11.5 Å². The maximum absolute atomic E-state index is 10.3. The summed E-state index contributed by atoms with van der Waals surface area (Å²) in [6.45, 7) is 3.24. The molecule has 30 heavy (non-hydrogen) atoms. The fourth-order valence-electron chi connectivity index (χ4n) is 2.96. The Morgan fingerprint density at radius 3 is 2.07 bits per heavy atom. The first-order chi connectivity index (χ1) is 14.3. The molecule has 0 bridgehead atoms. The van der Waals surface area contributed by atoms with Crippen molar-refractivity contribution >= 4 is 0 Å². The fourth-order valence-corrected chi connectivity index (χ4v) is 2.96. The first-order valence-corrected chi connectivity index (χ1v) is 9.86. The summed E-state index contributed by atoms with van der Waals surface area (Å²) < 4.78 is 11.3. The number of hydrogen-bond donors (Lipinski definition) is 4. The molecule has 0 aliphatic heterocycles. The lowest BCUT2D eigenvalue weighted by Gasteiger charge is -2.27. The topological polar surface area (TPSA) is 122 Å². The minimum atomic E-state index is -1.23. The summed E-state index contributed by atoms with van der Waals surface area (Å²) in [5.41, 5.74) is 6.96. The van der Waals surface area contributed by atoms with E-state index in [0.717, 1.165) is 11.3 Å². The first kappa shape index (κ1) is 22.0. The average molecular weight is 412 g/mol. The van der Waals surface area contributed by atoms with Gasteiger partial charge in [0.1, 0.15) is 23.5 Å². The van der Waals surface area contributed by atoms with Crippen LogP contribution in [0.3, 0.4) is 0 Å². The van der Waals surface area contributed by atoms with Gasteiger partial charge in [-0.3, -0.25) is 0 Å². The molecule has 1 unspecified atom stereocenters. The fraction of sp³-hybridized carbons (Fsp3) is 0.348. The molecule has 7 nitrogen and oxygen atoms in total. The normalized spacial score (nSPS) is 12.9. The second-order valence-electron chi connectivity index (χ2n) is 7.82. The number of aliphatic hydroxyl groups is 3. The Kier molecular flexibility index (Phi) is 6.89. The Bertz CT molecular complexity index is 931. The molecule has 3 aromatic rings. The number of rotatable bonds is 9. The van der Waals surface area contributed by atoms with Crippen LogP contribution in [0.25, 0.3) is 11.3 Å². The minimum Gasteiger partial charge on any atom is -0.457 e. The standard InChI is InChI=1S/C23H28N2O5/c1-15(2)22-25-20(12-29-22)16-3-7-18(8-4-16)30-19-9-5-17(6-10-19)21(28)11-23(24,13-26)14-27/h3-10,12,15,21,26-28H,11,13-14,24H2,1-2H3. The zero-order chi connectivity index (χ0) is 21.7. The molecule has 1 atom stereocenters. The monoisotopic (exact) mass is 412 g/mol. The van der Waals surface area contributed by atoms with Crippen LogP contribution in [0.5, 0.6) is 11.5 Å². The lowest BCUT2D eigenvalue weighted by atomic mass is 9.92. The predicted molar refractivity (Wildman–Crippen MR) is 113 cm³/mol. The first-order valence-electron chi connectivity index (χ1n) is 9.86. The highest BCUT2D eigenvalue weighted by Gasteiger charge is 2.27. The maximum atomic E-state index is 10.3. The van der Waals surface area contributed by atoms with Crippen LogP contribution in [0.2, 0.25) is 0 Å². The van der Waals surface area contributed by atoms with Crippen LogP contribution in [0.15, 0.2) is 59.2 Å². The zero-order valence-corrected chi connectivity index (χ0v) is 17.2. The molecule has 1 aromatic heterocycles. The third kappa shape index (κ3) is 5.25. The van der Waals surface area contributed by atoms with E-state index in [4.69, 9.17) is 14.9 Å². The van der Waals surface area contributed by atoms with Crippen LogP contribution in [0.4, 0.5) is 0 Å². The van der Waals surface area contributed by atoms with Gasteiger partial charge in [-0.2, -0.15) is 0 Å². The molecule has 0 aliphatic rings. The summed E-state index contributed by atoms with van der Waals surface area (Å²) in [6.07, 6.45) is 0.793. The van der Waals surface area contributed by atoms with Gasteiger partial charge in [0.05, 0.1) is 24.9 Å².